The highest BCUT2D eigenvalue weighted by Crippen LogP contribution is 2.33. The molecule has 0 aliphatic heterocycles. The summed E-state index contributed by atoms with van der Waals surface area (Å²) in [6.07, 6.45) is 0.200. The number of likely N-dealkylation sites (N-methyl/N-ethyl adjacent to an activating group) is 1. The Morgan fingerprint density at radius 3 is 2.13 bits per heavy atom. The van der Waals surface area contributed by atoms with Crippen molar-refractivity contribution < 1.29 is 32.2 Å². The van der Waals surface area contributed by atoms with E-state index in [0.29, 0.717) is 28.6 Å². The molecule has 0 spiro atoms. The van der Waals surface area contributed by atoms with E-state index in [1.54, 1.807) is 37.3 Å². The minimum atomic E-state index is -4.37. The molecule has 0 aliphatic carbocycles. The lowest BCUT2D eigenvalue weighted by Gasteiger charge is -2.34. The summed E-state index contributed by atoms with van der Waals surface area (Å²) in [5, 5.41) is 3.24. The number of hydrogen-bond acceptors (Lipinski definition) is 7. The van der Waals surface area contributed by atoms with Crippen LogP contribution in [0.5, 0.6) is 17.2 Å². The molecule has 0 aromatic heterocycles. The molecule has 12 heteroatoms. The molecule has 4 aromatic rings. The Morgan fingerprint density at radius 1 is 0.809 bits per heavy atom. The number of halogens is 1. The molecule has 2 amide bonds. The van der Waals surface area contributed by atoms with E-state index in [0.717, 1.165) is 9.87 Å². The third-order valence-electron chi connectivity index (χ3n) is 7.45. The van der Waals surface area contributed by atoms with E-state index in [2.05, 4.69) is 5.32 Å². The molecule has 0 heterocycles. The number of carbonyl (C=O) groups is 2. The van der Waals surface area contributed by atoms with Crippen molar-refractivity contribution in [2.45, 2.75) is 30.8 Å². The number of nitrogens with one attached hydrogen (secondary N) is 1. The number of benzene rings is 4. The molecule has 248 valence electrons. The molecule has 0 saturated heterocycles. The van der Waals surface area contributed by atoms with Gasteiger partial charge in [0.05, 0.1) is 31.9 Å². The lowest BCUT2D eigenvalue weighted by Crippen LogP contribution is -2.53. The highest BCUT2D eigenvalue weighted by atomic mass is 35.5. The summed E-state index contributed by atoms with van der Waals surface area (Å²) >= 11 is 6.15. The Bertz CT molecular complexity index is 1770. The largest absolute Gasteiger partial charge is 0.497 e. The Balaban J connectivity index is 1.82. The van der Waals surface area contributed by atoms with E-state index < -0.39 is 28.5 Å². The number of sulfonamides is 1. The highest BCUT2D eigenvalue weighted by molar-refractivity contribution is 7.92. The number of rotatable bonds is 15. The Labute approximate surface area is 280 Å². The van der Waals surface area contributed by atoms with Crippen LogP contribution in [0.2, 0.25) is 5.02 Å². The molecule has 0 fully saturated rings. The van der Waals surface area contributed by atoms with Gasteiger partial charge < -0.3 is 24.4 Å². The molecule has 4 aromatic carbocycles. The first-order chi connectivity index (χ1) is 22.6. The van der Waals surface area contributed by atoms with Gasteiger partial charge in [-0.25, -0.2) is 8.42 Å². The SMILES string of the molecule is CCNC(=O)[C@H](Cc1ccccc1)N(Cc1cccc(OC)c1)C(=O)CN(c1ccc(Cl)cc1)S(=O)(=O)c1ccc(OC)c(OC)c1. The molecular formula is C35H38ClN3O7S. The van der Waals surface area contributed by atoms with Crippen LogP contribution >= 0.6 is 11.6 Å². The average molecular weight is 680 g/mol. The quantitative estimate of drug-likeness (QED) is 0.181. The van der Waals surface area contributed by atoms with Gasteiger partial charge in [-0.3, -0.25) is 13.9 Å². The second-order valence-corrected chi connectivity index (χ2v) is 12.8. The molecule has 4 rings (SSSR count). The minimum Gasteiger partial charge on any atom is -0.497 e. The number of hydrogen-bond donors (Lipinski definition) is 1. The first kappa shape index (κ1) is 35.1. The highest BCUT2D eigenvalue weighted by Gasteiger charge is 2.35. The minimum absolute atomic E-state index is 0.00946. The summed E-state index contributed by atoms with van der Waals surface area (Å²) < 4.78 is 45.7. The van der Waals surface area contributed by atoms with Crippen LogP contribution in [0.25, 0.3) is 0 Å². The van der Waals surface area contributed by atoms with Gasteiger partial charge in [0.25, 0.3) is 10.0 Å². The smallest absolute Gasteiger partial charge is 0.264 e. The van der Waals surface area contributed by atoms with Crippen molar-refractivity contribution in [3.8, 4) is 17.2 Å². The van der Waals surface area contributed by atoms with E-state index in [4.69, 9.17) is 25.8 Å². The van der Waals surface area contributed by atoms with Gasteiger partial charge in [-0.05, 0) is 66.6 Å². The fourth-order valence-electron chi connectivity index (χ4n) is 5.05. The third kappa shape index (κ3) is 8.75. The molecule has 0 saturated carbocycles. The summed E-state index contributed by atoms with van der Waals surface area (Å²) in [6.45, 7) is 1.53. The van der Waals surface area contributed by atoms with Gasteiger partial charge in [-0.2, -0.15) is 0 Å². The lowest BCUT2D eigenvalue weighted by atomic mass is 10.0. The van der Waals surface area contributed by atoms with Crippen molar-refractivity contribution in [2.24, 2.45) is 0 Å². The van der Waals surface area contributed by atoms with Crippen LogP contribution in [0.3, 0.4) is 0 Å². The van der Waals surface area contributed by atoms with E-state index in [9.17, 15) is 18.0 Å². The Hall–Kier alpha value is -4.74. The molecule has 0 bridgehead atoms. The molecule has 1 N–H and O–H groups in total. The maximum Gasteiger partial charge on any atom is 0.264 e. The summed E-state index contributed by atoms with van der Waals surface area (Å²) in [7, 11) is 0.0234. The average Bonchev–Trinajstić information content (AvgIpc) is 3.09. The number of amides is 2. The van der Waals surface area contributed by atoms with Crippen molar-refractivity contribution in [3.63, 3.8) is 0 Å². The van der Waals surface area contributed by atoms with Gasteiger partial charge in [0.15, 0.2) is 11.5 Å². The predicted molar refractivity (Wildman–Crippen MR) is 182 cm³/mol. The van der Waals surface area contributed by atoms with Crippen LogP contribution in [0.1, 0.15) is 18.1 Å². The third-order valence-corrected chi connectivity index (χ3v) is 9.47. The number of methoxy groups -OCH3 is 3. The summed E-state index contributed by atoms with van der Waals surface area (Å²) in [5.74, 6) is 0.157. The molecule has 1 atom stereocenters. The molecule has 47 heavy (non-hydrogen) atoms. The van der Waals surface area contributed by atoms with Crippen LogP contribution < -0.4 is 23.8 Å². The van der Waals surface area contributed by atoms with Crippen LogP contribution in [0, 0.1) is 0 Å². The predicted octanol–water partition coefficient (Wildman–Crippen LogP) is 5.34. The first-order valence-corrected chi connectivity index (χ1v) is 16.7. The van der Waals surface area contributed by atoms with E-state index >= 15 is 0 Å². The van der Waals surface area contributed by atoms with Crippen molar-refractivity contribution in [2.75, 3.05) is 38.7 Å². The Kier molecular flexibility index (Phi) is 12.1. The summed E-state index contributed by atoms with van der Waals surface area (Å²) in [6, 6.07) is 25.8. The molecular weight excluding hydrogens is 642 g/mol. The van der Waals surface area contributed by atoms with Crippen LogP contribution in [-0.2, 0) is 32.6 Å². The summed E-state index contributed by atoms with van der Waals surface area (Å²) in [5.41, 5.74) is 1.73. The van der Waals surface area contributed by atoms with E-state index in [1.165, 1.54) is 56.6 Å². The normalized spacial score (nSPS) is 11.7. The van der Waals surface area contributed by atoms with Crippen LogP contribution in [0.4, 0.5) is 5.69 Å². The zero-order valence-corrected chi connectivity index (χ0v) is 28.3. The van der Waals surface area contributed by atoms with Gasteiger partial charge in [0, 0.05) is 30.6 Å². The van der Waals surface area contributed by atoms with Crippen molar-refractivity contribution >= 4 is 39.1 Å². The first-order valence-electron chi connectivity index (χ1n) is 14.9. The second kappa shape index (κ2) is 16.2. The van der Waals surface area contributed by atoms with E-state index in [1.807, 2.05) is 36.4 Å². The maximum atomic E-state index is 14.5. The fourth-order valence-corrected chi connectivity index (χ4v) is 6.61. The van der Waals surface area contributed by atoms with Crippen molar-refractivity contribution in [1.29, 1.82) is 0 Å². The van der Waals surface area contributed by atoms with Gasteiger partial charge in [0.2, 0.25) is 11.8 Å². The van der Waals surface area contributed by atoms with Crippen LogP contribution in [-0.4, -0.2) is 65.6 Å². The summed E-state index contributed by atoms with van der Waals surface area (Å²) in [4.78, 5) is 29.5. The monoisotopic (exact) mass is 679 g/mol. The molecule has 10 nitrogen and oxygen atoms in total. The number of ether oxygens (including phenoxy) is 3. The van der Waals surface area contributed by atoms with E-state index in [-0.39, 0.29) is 35.2 Å². The fraction of sp³-hybridized carbons (Fsp3) is 0.257. The van der Waals surface area contributed by atoms with Crippen molar-refractivity contribution in [3.05, 3.63) is 113 Å². The zero-order chi connectivity index (χ0) is 34.0. The van der Waals surface area contributed by atoms with Crippen molar-refractivity contribution in [1.82, 2.24) is 10.2 Å². The zero-order valence-electron chi connectivity index (χ0n) is 26.7. The van der Waals surface area contributed by atoms with Gasteiger partial charge in [-0.15, -0.1) is 0 Å². The Morgan fingerprint density at radius 2 is 1.49 bits per heavy atom. The standard InChI is InChI=1S/C35H38ClN3O7S/c1-5-37-35(41)31(21-25-10-7-6-8-11-25)38(23-26-12-9-13-29(20-26)44-2)34(40)24-39(28-16-14-27(36)15-17-28)47(42,43)30-18-19-32(45-3)33(22-30)46-4/h6-20,22,31H,5,21,23-24H2,1-4H3,(H,37,41)/t31-/m0/s1. The lowest BCUT2D eigenvalue weighted by molar-refractivity contribution is -0.140. The van der Waals surface area contributed by atoms with Gasteiger partial charge >= 0.3 is 0 Å². The number of carbonyl (C=O) groups excluding carboxylic acids is 2. The second-order valence-electron chi connectivity index (χ2n) is 10.5. The maximum absolute atomic E-state index is 14.5. The van der Waals surface area contributed by atoms with Gasteiger partial charge in [-0.1, -0.05) is 54.1 Å². The molecule has 0 unspecified atom stereocenters. The number of anilines is 1. The topological polar surface area (TPSA) is 114 Å². The van der Waals surface area contributed by atoms with Crippen LogP contribution in [0.15, 0.2) is 102 Å². The number of nitrogens with zero attached hydrogens (tertiary/aromatic N) is 2. The van der Waals surface area contributed by atoms with Gasteiger partial charge in [0.1, 0.15) is 18.3 Å². The molecule has 0 aliphatic rings. The molecule has 0 radical (unpaired) electrons.